The second-order valence-electron chi connectivity index (χ2n) is 4.36. The van der Waals surface area contributed by atoms with Crippen molar-refractivity contribution in [2.24, 2.45) is 0 Å². The zero-order valence-electron chi connectivity index (χ0n) is 11.5. The molecular weight excluding hydrogens is 260 g/mol. The third-order valence-corrected chi connectivity index (χ3v) is 2.91. The molecule has 0 unspecified atom stereocenters. The number of ether oxygens (including phenoxy) is 1. The number of aromatic nitrogens is 2. The molecule has 20 heavy (non-hydrogen) atoms. The number of esters is 1. The Hall–Kier alpha value is -2.37. The van der Waals surface area contributed by atoms with Crippen LogP contribution in [0.1, 0.15) is 40.5 Å². The predicted octanol–water partition coefficient (Wildman–Crippen LogP) is 2.54. The van der Waals surface area contributed by atoms with Gasteiger partial charge in [-0.2, -0.15) is 5.10 Å². The Morgan fingerprint density at radius 1 is 1.55 bits per heavy atom. The van der Waals surface area contributed by atoms with Crippen molar-refractivity contribution >= 4 is 12.3 Å². The standard InChI is InChI=1S/C14H16N2O4/c1-3-4-5-16-7-11(8-17)13(15-16)12-6-10(9-20-12)14(18)19-2/h6-9H,3-5H2,1-2H3. The molecule has 2 rings (SSSR count). The minimum absolute atomic E-state index is 0.294. The summed E-state index contributed by atoms with van der Waals surface area (Å²) in [5.74, 6) is -0.110. The fourth-order valence-electron chi connectivity index (χ4n) is 1.83. The fraction of sp³-hybridized carbons (Fsp3) is 0.357. The smallest absolute Gasteiger partial charge is 0.341 e. The highest BCUT2D eigenvalue weighted by molar-refractivity contribution is 5.91. The number of methoxy groups -OCH3 is 1. The van der Waals surface area contributed by atoms with E-state index in [1.165, 1.54) is 19.4 Å². The van der Waals surface area contributed by atoms with Crippen molar-refractivity contribution in [1.82, 2.24) is 9.78 Å². The number of hydrogen-bond donors (Lipinski definition) is 0. The van der Waals surface area contributed by atoms with Crippen molar-refractivity contribution in [3.63, 3.8) is 0 Å². The SMILES string of the molecule is CCCCn1cc(C=O)c(-c2cc(C(=O)OC)co2)n1. The molecule has 0 N–H and O–H groups in total. The summed E-state index contributed by atoms with van der Waals surface area (Å²) in [7, 11) is 1.30. The molecule has 0 saturated heterocycles. The van der Waals surface area contributed by atoms with Gasteiger partial charge in [0.25, 0.3) is 0 Å². The molecule has 0 aromatic carbocycles. The van der Waals surface area contributed by atoms with Gasteiger partial charge < -0.3 is 9.15 Å². The third kappa shape index (κ3) is 2.79. The number of aldehydes is 1. The molecule has 0 atom stereocenters. The maximum Gasteiger partial charge on any atom is 0.341 e. The lowest BCUT2D eigenvalue weighted by Crippen LogP contribution is -1.98. The predicted molar refractivity (Wildman–Crippen MR) is 71.6 cm³/mol. The number of carbonyl (C=O) groups excluding carboxylic acids is 2. The van der Waals surface area contributed by atoms with Gasteiger partial charge in [0.15, 0.2) is 12.0 Å². The van der Waals surface area contributed by atoms with Crippen molar-refractivity contribution in [3.05, 3.63) is 29.7 Å². The molecule has 0 radical (unpaired) electrons. The summed E-state index contributed by atoms with van der Waals surface area (Å²) in [4.78, 5) is 22.5. The molecule has 0 aliphatic carbocycles. The fourth-order valence-corrected chi connectivity index (χ4v) is 1.83. The van der Waals surface area contributed by atoms with E-state index in [2.05, 4.69) is 16.8 Å². The quantitative estimate of drug-likeness (QED) is 0.598. The van der Waals surface area contributed by atoms with Gasteiger partial charge in [0, 0.05) is 18.8 Å². The lowest BCUT2D eigenvalue weighted by atomic mass is 10.2. The lowest BCUT2D eigenvalue weighted by molar-refractivity contribution is 0.0600. The summed E-state index contributed by atoms with van der Waals surface area (Å²) in [6.45, 7) is 2.82. The molecule has 6 nitrogen and oxygen atoms in total. The van der Waals surface area contributed by atoms with E-state index >= 15 is 0 Å². The van der Waals surface area contributed by atoms with Gasteiger partial charge in [-0.1, -0.05) is 13.3 Å². The van der Waals surface area contributed by atoms with Crippen LogP contribution in [0, 0.1) is 0 Å². The van der Waals surface area contributed by atoms with E-state index in [1.54, 1.807) is 10.9 Å². The Labute approximate surface area is 116 Å². The number of aryl methyl sites for hydroxylation is 1. The van der Waals surface area contributed by atoms with Crippen LogP contribution in [0.3, 0.4) is 0 Å². The average Bonchev–Trinajstić information content (AvgIpc) is 3.10. The van der Waals surface area contributed by atoms with Crippen molar-refractivity contribution in [2.45, 2.75) is 26.3 Å². The maximum absolute atomic E-state index is 11.4. The lowest BCUT2D eigenvalue weighted by Gasteiger charge is -1.97. The van der Waals surface area contributed by atoms with Crippen LogP contribution < -0.4 is 0 Å². The molecule has 0 saturated carbocycles. The Morgan fingerprint density at radius 2 is 2.35 bits per heavy atom. The monoisotopic (exact) mass is 276 g/mol. The summed E-state index contributed by atoms with van der Waals surface area (Å²) in [5, 5.41) is 4.33. The van der Waals surface area contributed by atoms with Crippen LogP contribution in [0.2, 0.25) is 0 Å². The van der Waals surface area contributed by atoms with Gasteiger partial charge >= 0.3 is 5.97 Å². The summed E-state index contributed by atoms with van der Waals surface area (Å²) < 4.78 is 11.6. The van der Waals surface area contributed by atoms with Crippen molar-refractivity contribution in [3.8, 4) is 11.5 Å². The van der Waals surface area contributed by atoms with Gasteiger partial charge in [-0.3, -0.25) is 9.48 Å². The van der Waals surface area contributed by atoms with Crippen LogP contribution in [0.5, 0.6) is 0 Å². The average molecular weight is 276 g/mol. The molecule has 0 aliphatic heterocycles. The molecule has 0 fully saturated rings. The highest BCUT2D eigenvalue weighted by atomic mass is 16.5. The zero-order valence-corrected chi connectivity index (χ0v) is 11.5. The van der Waals surface area contributed by atoms with Crippen LogP contribution >= 0.6 is 0 Å². The minimum Gasteiger partial charge on any atom is -0.465 e. The first-order valence-corrected chi connectivity index (χ1v) is 6.39. The second kappa shape index (κ2) is 6.18. The van der Waals surface area contributed by atoms with Gasteiger partial charge in [-0.05, 0) is 6.42 Å². The van der Waals surface area contributed by atoms with Gasteiger partial charge in [-0.25, -0.2) is 4.79 Å². The summed E-state index contributed by atoms with van der Waals surface area (Å²) in [6, 6.07) is 1.52. The van der Waals surface area contributed by atoms with Crippen LogP contribution in [0.15, 0.2) is 22.9 Å². The first kappa shape index (κ1) is 14.0. The second-order valence-corrected chi connectivity index (χ2v) is 4.36. The first-order chi connectivity index (χ1) is 9.69. The maximum atomic E-state index is 11.4. The Morgan fingerprint density at radius 3 is 3.00 bits per heavy atom. The van der Waals surface area contributed by atoms with E-state index in [1.807, 2.05) is 0 Å². The number of carbonyl (C=O) groups is 2. The molecule has 2 heterocycles. The topological polar surface area (TPSA) is 74.3 Å². The normalized spacial score (nSPS) is 10.5. The van der Waals surface area contributed by atoms with Gasteiger partial charge in [0.05, 0.1) is 18.2 Å². The van der Waals surface area contributed by atoms with Gasteiger partial charge in [0.2, 0.25) is 0 Å². The van der Waals surface area contributed by atoms with E-state index in [0.717, 1.165) is 25.7 Å². The van der Waals surface area contributed by atoms with Crippen molar-refractivity contribution in [2.75, 3.05) is 7.11 Å². The highest BCUT2D eigenvalue weighted by Gasteiger charge is 2.17. The van der Waals surface area contributed by atoms with Crippen LogP contribution in [-0.4, -0.2) is 29.1 Å². The zero-order chi connectivity index (χ0) is 14.5. The first-order valence-electron chi connectivity index (χ1n) is 6.39. The largest absolute Gasteiger partial charge is 0.465 e. The number of furan rings is 1. The van der Waals surface area contributed by atoms with E-state index in [-0.39, 0.29) is 0 Å². The van der Waals surface area contributed by atoms with Crippen LogP contribution in [0.25, 0.3) is 11.5 Å². The molecule has 2 aromatic rings. The van der Waals surface area contributed by atoms with E-state index in [0.29, 0.717) is 22.6 Å². The highest BCUT2D eigenvalue weighted by Crippen LogP contribution is 2.24. The molecular formula is C14H16N2O4. The van der Waals surface area contributed by atoms with E-state index < -0.39 is 5.97 Å². The number of nitrogens with zero attached hydrogens (tertiary/aromatic N) is 2. The molecule has 0 spiro atoms. The number of rotatable bonds is 6. The Bertz CT molecular complexity index is 612. The summed E-state index contributed by atoms with van der Waals surface area (Å²) in [5.41, 5.74) is 1.17. The summed E-state index contributed by atoms with van der Waals surface area (Å²) in [6.07, 6.45) is 5.72. The molecule has 2 aromatic heterocycles. The van der Waals surface area contributed by atoms with Gasteiger partial charge in [0.1, 0.15) is 12.0 Å². The molecule has 0 aliphatic rings. The van der Waals surface area contributed by atoms with E-state index in [9.17, 15) is 9.59 Å². The van der Waals surface area contributed by atoms with E-state index in [4.69, 9.17) is 4.42 Å². The Kier molecular flexibility index (Phi) is 4.34. The van der Waals surface area contributed by atoms with Crippen LogP contribution in [0.4, 0.5) is 0 Å². The summed E-state index contributed by atoms with van der Waals surface area (Å²) >= 11 is 0. The minimum atomic E-state index is -0.488. The molecule has 0 bridgehead atoms. The van der Waals surface area contributed by atoms with Crippen molar-refractivity contribution in [1.29, 1.82) is 0 Å². The Balaban J connectivity index is 2.31. The third-order valence-electron chi connectivity index (χ3n) is 2.91. The number of hydrogen-bond acceptors (Lipinski definition) is 5. The molecule has 106 valence electrons. The number of unbranched alkanes of at least 4 members (excludes halogenated alkanes) is 1. The van der Waals surface area contributed by atoms with Crippen molar-refractivity contribution < 1.29 is 18.7 Å². The van der Waals surface area contributed by atoms with Crippen LogP contribution in [-0.2, 0) is 11.3 Å². The molecule has 6 heteroatoms. The molecule has 0 amide bonds. The van der Waals surface area contributed by atoms with Gasteiger partial charge in [-0.15, -0.1) is 0 Å².